The van der Waals surface area contributed by atoms with Gasteiger partial charge in [-0.25, -0.2) is 4.79 Å². The Morgan fingerprint density at radius 1 is 1.35 bits per heavy atom. The summed E-state index contributed by atoms with van der Waals surface area (Å²) in [7, 11) is 0. The molecule has 0 atom stereocenters. The third-order valence-electron chi connectivity index (χ3n) is 4.30. The molecule has 1 aromatic heterocycles. The van der Waals surface area contributed by atoms with Gasteiger partial charge in [-0.1, -0.05) is 13.0 Å². The first-order valence-corrected chi connectivity index (χ1v) is 8.67. The Hall–Kier alpha value is -1.89. The van der Waals surface area contributed by atoms with Crippen molar-refractivity contribution in [2.75, 3.05) is 6.54 Å². The summed E-state index contributed by atoms with van der Waals surface area (Å²) in [6, 6.07) is 3.50. The van der Waals surface area contributed by atoms with Gasteiger partial charge in [0.1, 0.15) is 5.54 Å². The largest absolute Gasteiger partial charge is 0.480 e. The molecule has 0 spiro atoms. The summed E-state index contributed by atoms with van der Waals surface area (Å²) >= 11 is 1.33. The molecule has 0 radical (unpaired) electrons. The second kappa shape index (κ2) is 7.59. The van der Waals surface area contributed by atoms with Crippen molar-refractivity contribution < 1.29 is 19.5 Å². The maximum Gasteiger partial charge on any atom is 0.329 e. The number of hydrogen-bond donors (Lipinski definition) is 3. The monoisotopic (exact) mass is 338 g/mol. The number of carbonyl (C=O) groups is 3. The molecule has 6 nitrogen and oxygen atoms in total. The van der Waals surface area contributed by atoms with E-state index in [2.05, 4.69) is 17.6 Å². The second-order valence-corrected chi connectivity index (χ2v) is 7.05. The highest BCUT2D eigenvalue weighted by Crippen LogP contribution is 2.32. The summed E-state index contributed by atoms with van der Waals surface area (Å²) in [5, 5.41) is 16.6. The Kier molecular flexibility index (Phi) is 5.76. The van der Waals surface area contributed by atoms with Crippen molar-refractivity contribution in [1.29, 1.82) is 0 Å². The topological polar surface area (TPSA) is 95.5 Å². The Morgan fingerprint density at radius 3 is 2.61 bits per heavy atom. The Morgan fingerprint density at radius 2 is 2.04 bits per heavy atom. The van der Waals surface area contributed by atoms with E-state index in [4.69, 9.17) is 0 Å². The smallest absolute Gasteiger partial charge is 0.329 e. The van der Waals surface area contributed by atoms with Crippen LogP contribution >= 0.6 is 11.3 Å². The van der Waals surface area contributed by atoms with Gasteiger partial charge in [0.2, 0.25) is 5.91 Å². The van der Waals surface area contributed by atoms with E-state index in [1.54, 1.807) is 12.1 Å². The second-order valence-electron chi connectivity index (χ2n) is 6.10. The third kappa shape index (κ3) is 4.54. The van der Waals surface area contributed by atoms with Gasteiger partial charge in [0, 0.05) is 13.0 Å². The summed E-state index contributed by atoms with van der Waals surface area (Å²) in [5.74, 6) is -1.04. The molecule has 1 fully saturated rings. The lowest BCUT2D eigenvalue weighted by molar-refractivity contribution is -0.149. The molecule has 2 amide bonds. The SMILES string of the molecule is CC1CCC(NC(=O)CCNC(=O)c2cccs2)(C(=O)O)CC1. The van der Waals surface area contributed by atoms with Gasteiger partial charge in [-0.3, -0.25) is 9.59 Å². The number of nitrogens with one attached hydrogen (secondary N) is 2. The summed E-state index contributed by atoms with van der Waals surface area (Å²) in [6.45, 7) is 2.28. The summed E-state index contributed by atoms with van der Waals surface area (Å²) in [4.78, 5) is 36.0. The lowest BCUT2D eigenvalue weighted by Crippen LogP contribution is -2.56. The van der Waals surface area contributed by atoms with Crippen molar-refractivity contribution in [2.24, 2.45) is 5.92 Å². The minimum absolute atomic E-state index is 0.0711. The minimum Gasteiger partial charge on any atom is -0.480 e. The lowest BCUT2D eigenvalue weighted by Gasteiger charge is -2.36. The number of carbonyl (C=O) groups excluding carboxylic acids is 2. The van der Waals surface area contributed by atoms with Crippen LogP contribution < -0.4 is 10.6 Å². The molecule has 0 saturated heterocycles. The maximum absolute atomic E-state index is 12.0. The van der Waals surface area contributed by atoms with Crippen LogP contribution in [0.4, 0.5) is 0 Å². The predicted molar refractivity (Wildman–Crippen MR) is 87.4 cm³/mol. The maximum atomic E-state index is 12.0. The van der Waals surface area contributed by atoms with Crippen molar-refractivity contribution in [1.82, 2.24) is 10.6 Å². The van der Waals surface area contributed by atoms with Crippen LogP contribution in [0.15, 0.2) is 17.5 Å². The van der Waals surface area contributed by atoms with Gasteiger partial charge in [-0.05, 0) is 43.0 Å². The van der Waals surface area contributed by atoms with Crippen LogP contribution in [0.3, 0.4) is 0 Å². The normalized spacial score (nSPS) is 24.0. The van der Waals surface area contributed by atoms with Crippen LogP contribution in [-0.4, -0.2) is 35.0 Å². The molecule has 1 aliphatic carbocycles. The number of rotatable bonds is 6. The molecule has 7 heteroatoms. The van der Waals surface area contributed by atoms with Gasteiger partial charge >= 0.3 is 5.97 Å². The van der Waals surface area contributed by atoms with Gasteiger partial charge in [-0.2, -0.15) is 0 Å². The van der Waals surface area contributed by atoms with Crippen molar-refractivity contribution >= 4 is 29.1 Å². The highest BCUT2D eigenvalue weighted by molar-refractivity contribution is 7.12. The summed E-state index contributed by atoms with van der Waals surface area (Å²) in [5.41, 5.74) is -1.15. The van der Waals surface area contributed by atoms with Gasteiger partial charge in [0.05, 0.1) is 4.88 Å². The van der Waals surface area contributed by atoms with Gasteiger partial charge in [0.25, 0.3) is 5.91 Å². The van der Waals surface area contributed by atoms with E-state index in [1.165, 1.54) is 11.3 Å². The molecule has 0 aliphatic heterocycles. The summed E-state index contributed by atoms with van der Waals surface area (Å²) < 4.78 is 0. The van der Waals surface area contributed by atoms with Crippen molar-refractivity contribution in [3.8, 4) is 0 Å². The number of thiophene rings is 1. The van der Waals surface area contributed by atoms with Crippen molar-refractivity contribution in [2.45, 2.75) is 44.6 Å². The fraction of sp³-hybridized carbons (Fsp3) is 0.562. The van der Waals surface area contributed by atoms with Crippen molar-refractivity contribution in [3.63, 3.8) is 0 Å². The van der Waals surface area contributed by atoms with Crippen LogP contribution in [-0.2, 0) is 9.59 Å². The standard InChI is InChI=1S/C16H22N2O4S/c1-11-4-7-16(8-5-11,15(21)22)18-13(19)6-9-17-14(20)12-3-2-10-23-12/h2-3,10-11H,4-9H2,1H3,(H,17,20)(H,18,19)(H,21,22). The molecule has 0 aromatic carbocycles. The van der Waals surface area contributed by atoms with Gasteiger partial charge < -0.3 is 15.7 Å². The van der Waals surface area contributed by atoms with E-state index in [0.717, 1.165) is 12.8 Å². The predicted octanol–water partition coefficient (Wildman–Crippen LogP) is 2.02. The number of aliphatic carboxylic acids is 1. The van der Waals surface area contributed by atoms with Crippen LogP contribution in [0, 0.1) is 5.92 Å². The zero-order valence-electron chi connectivity index (χ0n) is 13.1. The number of carboxylic acids is 1. The Bertz CT molecular complexity index is 563. The van der Waals surface area contributed by atoms with E-state index in [0.29, 0.717) is 23.6 Å². The van der Waals surface area contributed by atoms with Crippen LogP contribution in [0.5, 0.6) is 0 Å². The fourth-order valence-electron chi connectivity index (χ4n) is 2.76. The molecule has 2 rings (SSSR count). The average Bonchev–Trinajstić information content (AvgIpc) is 3.04. The first kappa shape index (κ1) is 17.5. The molecule has 3 N–H and O–H groups in total. The molecule has 1 heterocycles. The van der Waals surface area contributed by atoms with Gasteiger partial charge in [-0.15, -0.1) is 11.3 Å². The van der Waals surface area contributed by atoms with E-state index in [-0.39, 0.29) is 24.8 Å². The molecule has 0 unspecified atom stereocenters. The van der Waals surface area contributed by atoms with Gasteiger partial charge in [0.15, 0.2) is 0 Å². The van der Waals surface area contributed by atoms with Crippen LogP contribution in [0.2, 0.25) is 0 Å². The highest BCUT2D eigenvalue weighted by atomic mass is 32.1. The van der Waals surface area contributed by atoms with Crippen LogP contribution in [0.1, 0.15) is 48.7 Å². The molecule has 1 aromatic rings. The fourth-order valence-corrected chi connectivity index (χ4v) is 3.40. The summed E-state index contributed by atoms with van der Waals surface area (Å²) in [6.07, 6.45) is 2.57. The molecular weight excluding hydrogens is 316 g/mol. The molecule has 23 heavy (non-hydrogen) atoms. The van der Waals surface area contributed by atoms with E-state index < -0.39 is 11.5 Å². The molecular formula is C16H22N2O4S. The van der Waals surface area contributed by atoms with Crippen LogP contribution in [0.25, 0.3) is 0 Å². The van der Waals surface area contributed by atoms with E-state index in [9.17, 15) is 19.5 Å². The Balaban J connectivity index is 1.81. The number of hydrogen-bond acceptors (Lipinski definition) is 4. The first-order valence-electron chi connectivity index (χ1n) is 7.79. The Labute approximate surface area is 139 Å². The van der Waals surface area contributed by atoms with Crippen molar-refractivity contribution in [3.05, 3.63) is 22.4 Å². The zero-order chi connectivity index (χ0) is 16.9. The number of carboxylic acid groups (broad SMARTS) is 1. The molecule has 1 saturated carbocycles. The zero-order valence-corrected chi connectivity index (χ0v) is 13.9. The average molecular weight is 338 g/mol. The minimum atomic E-state index is -1.15. The lowest BCUT2D eigenvalue weighted by atomic mass is 9.77. The molecule has 1 aliphatic rings. The molecule has 0 bridgehead atoms. The third-order valence-corrected chi connectivity index (χ3v) is 5.17. The molecule has 126 valence electrons. The number of amides is 2. The quantitative estimate of drug-likeness (QED) is 0.739. The highest BCUT2D eigenvalue weighted by Gasteiger charge is 2.42. The van der Waals surface area contributed by atoms with E-state index in [1.807, 2.05) is 5.38 Å². The first-order chi connectivity index (χ1) is 10.9. The van der Waals surface area contributed by atoms with E-state index >= 15 is 0 Å².